The van der Waals surface area contributed by atoms with E-state index in [2.05, 4.69) is 37.5 Å². The molecule has 2 heterocycles. The van der Waals surface area contributed by atoms with Crippen molar-refractivity contribution in [3.05, 3.63) is 43.0 Å². The van der Waals surface area contributed by atoms with Crippen LogP contribution in [0, 0.1) is 3.57 Å². The lowest BCUT2D eigenvalue weighted by atomic mass is 10.0. The maximum atomic E-state index is 12.1. The number of hydrogen-bond donors (Lipinski definition) is 1. The number of H-pyrrole nitrogens is 1. The average Bonchev–Trinajstić information content (AvgIpc) is 2.96. The van der Waals surface area contributed by atoms with Crippen LogP contribution in [-0.4, -0.2) is 15.0 Å². The largest absolute Gasteiger partial charge is 0.304 e. The molecule has 1 fully saturated rings. The van der Waals surface area contributed by atoms with Crippen LogP contribution in [0.15, 0.2) is 23.1 Å². The molecule has 2 aromatic heterocycles. The lowest BCUT2D eigenvalue weighted by molar-refractivity contribution is 0.687. The second-order valence-electron chi connectivity index (χ2n) is 4.96. The second-order valence-corrected chi connectivity index (χ2v) is 6.47. The summed E-state index contributed by atoms with van der Waals surface area (Å²) in [7, 11) is 0. The fourth-order valence-corrected chi connectivity index (χ4v) is 3.39. The van der Waals surface area contributed by atoms with E-state index in [1.165, 1.54) is 12.8 Å². The zero-order chi connectivity index (χ0) is 14.1. The zero-order valence-corrected chi connectivity index (χ0v) is 13.6. The molecule has 1 aliphatic carbocycles. The first-order valence-corrected chi connectivity index (χ1v) is 8.02. The SMILES string of the molecule is O=c1[nH]c(-c2ccc(Cl)cn2)nc(C2CCCC2)c1I. The quantitative estimate of drug-likeness (QED) is 0.780. The Morgan fingerprint density at radius 3 is 2.70 bits per heavy atom. The molecular weight excluding hydrogens is 389 g/mol. The van der Waals surface area contributed by atoms with Crippen LogP contribution in [0.4, 0.5) is 0 Å². The Bertz CT molecular complexity index is 678. The van der Waals surface area contributed by atoms with Crippen LogP contribution in [0.25, 0.3) is 11.5 Å². The van der Waals surface area contributed by atoms with Crippen LogP contribution in [0.5, 0.6) is 0 Å². The third-order valence-corrected chi connectivity index (χ3v) is 4.87. The number of aromatic nitrogens is 3. The molecule has 20 heavy (non-hydrogen) atoms. The molecule has 0 spiro atoms. The van der Waals surface area contributed by atoms with Crippen molar-refractivity contribution in [3.8, 4) is 11.5 Å². The van der Waals surface area contributed by atoms with Crippen molar-refractivity contribution in [2.24, 2.45) is 0 Å². The first kappa shape index (κ1) is 14.0. The van der Waals surface area contributed by atoms with E-state index in [0.29, 0.717) is 26.0 Å². The van der Waals surface area contributed by atoms with Gasteiger partial charge in [-0.25, -0.2) is 4.98 Å². The van der Waals surface area contributed by atoms with Crippen LogP contribution in [-0.2, 0) is 0 Å². The van der Waals surface area contributed by atoms with Gasteiger partial charge in [-0.1, -0.05) is 24.4 Å². The van der Waals surface area contributed by atoms with Crippen molar-refractivity contribution in [2.45, 2.75) is 31.6 Å². The molecule has 4 nitrogen and oxygen atoms in total. The van der Waals surface area contributed by atoms with Crippen molar-refractivity contribution >= 4 is 34.2 Å². The van der Waals surface area contributed by atoms with Gasteiger partial charge in [-0.3, -0.25) is 9.78 Å². The number of hydrogen-bond acceptors (Lipinski definition) is 3. The number of halogens is 2. The second kappa shape index (κ2) is 5.81. The van der Waals surface area contributed by atoms with Gasteiger partial charge in [0.1, 0.15) is 9.26 Å². The minimum Gasteiger partial charge on any atom is -0.304 e. The Kier molecular flexibility index (Phi) is 4.07. The zero-order valence-electron chi connectivity index (χ0n) is 10.7. The van der Waals surface area contributed by atoms with Crippen LogP contribution in [0.1, 0.15) is 37.3 Å². The minimum absolute atomic E-state index is 0.0887. The highest BCUT2D eigenvalue weighted by Gasteiger charge is 2.23. The van der Waals surface area contributed by atoms with Gasteiger partial charge in [0.05, 0.1) is 10.7 Å². The first-order valence-electron chi connectivity index (χ1n) is 6.57. The van der Waals surface area contributed by atoms with Gasteiger partial charge in [-0.2, -0.15) is 0 Å². The third kappa shape index (κ3) is 2.74. The summed E-state index contributed by atoms with van der Waals surface area (Å²) in [4.78, 5) is 23.8. The lowest BCUT2D eigenvalue weighted by Crippen LogP contribution is -2.18. The monoisotopic (exact) mass is 401 g/mol. The minimum atomic E-state index is -0.0887. The summed E-state index contributed by atoms with van der Waals surface area (Å²) in [6.45, 7) is 0. The normalized spacial score (nSPS) is 15.7. The molecule has 0 aliphatic heterocycles. The van der Waals surface area contributed by atoms with Crippen LogP contribution >= 0.6 is 34.2 Å². The van der Waals surface area contributed by atoms with Crippen LogP contribution < -0.4 is 5.56 Å². The van der Waals surface area contributed by atoms with Gasteiger partial charge in [0, 0.05) is 12.1 Å². The highest BCUT2D eigenvalue weighted by atomic mass is 127. The Morgan fingerprint density at radius 2 is 2.05 bits per heavy atom. The molecule has 0 saturated heterocycles. The number of aromatic amines is 1. The lowest BCUT2D eigenvalue weighted by Gasteiger charge is -2.11. The fraction of sp³-hybridized carbons (Fsp3) is 0.357. The molecular formula is C14H13ClIN3O. The molecule has 1 N–H and O–H groups in total. The van der Waals surface area contributed by atoms with E-state index in [9.17, 15) is 4.79 Å². The summed E-state index contributed by atoms with van der Waals surface area (Å²) in [5.74, 6) is 0.921. The predicted octanol–water partition coefficient (Wildman–Crippen LogP) is 3.75. The standard InChI is InChI=1S/C14H13ClIN3O/c15-9-5-6-10(17-7-9)13-18-12(8-3-1-2-4-8)11(16)14(20)19-13/h5-8H,1-4H2,(H,18,19,20). The van der Waals surface area contributed by atoms with Gasteiger partial charge < -0.3 is 4.98 Å². The molecule has 0 bridgehead atoms. The molecule has 3 rings (SSSR count). The third-order valence-electron chi connectivity index (χ3n) is 3.60. The summed E-state index contributed by atoms with van der Waals surface area (Å²) in [5.41, 5.74) is 1.47. The summed E-state index contributed by atoms with van der Waals surface area (Å²) in [6.07, 6.45) is 6.21. The number of pyridine rings is 1. The Labute approximate surface area is 135 Å². The molecule has 0 amide bonds. The van der Waals surface area contributed by atoms with E-state index >= 15 is 0 Å². The highest BCUT2D eigenvalue weighted by molar-refractivity contribution is 14.1. The molecule has 2 aromatic rings. The first-order chi connectivity index (χ1) is 9.65. The number of rotatable bonds is 2. The summed E-state index contributed by atoms with van der Waals surface area (Å²) >= 11 is 7.92. The van der Waals surface area contributed by atoms with Crippen molar-refractivity contribution in [1.82, 2.24) is 15.0 Å². The topological polar surface area (TPSA) is 58.6 Å². The molecule has 0 atom stereocenters. The van der Waals surface area contributed by atoms with E-state index in [1.54, 1.807) is 18.3 Å². The van der Waals surface area contributed by atoms with E-state index in [-0.39, 0.29) is 5.56 Å². The summed E-state index contributed by atoms with van der Waals surface area (Å²) in [5, 5.41) is 0.567. The van der Waals surface area contributed by atoms with Crippen molar-refractivity contribution in [1.29, 1.82) is 0 Å². The highest BCUT2D eigenvalue weighted by Crippen LogP contribution is 2.34. The predicted molar refractivity (Wildman–Crippen MR) is 87.0 cm³/mol. The maximum Gasteiger partial charge on any atom is 0.264 e. The van der Waals surface area contributed by atoms with Gasteiger partial charge in [0.25, 0.3) is 5.56 Å². The maximum absolute atomic E-state index is 12.1. The Hall–Kier alpha value is -0.950. The Morgan fingerprint density at radius 1 is 1.30 bits per heavy atom. The smallest absolute Gasteiger partial charge is 0.264 e. The molecule has 0 radical (unpaired) electrons. The van der Waals surface area contributed by atoms with Crippen molar-refractivity contribution in [3.63, 3.8) is 0 Å². The summed E-state index contributed by atoms with van der Waals surface area (Å²) < 4.78 is 0.701. The molecule has 1 saturated carbocycles. The van der Waals surface area contributed by atoms with E-state index in [4.69, 9.17) is 11.6 Å². The van der Waals surface area contributed by atoms with E-state index in [1.807, 2.05) is 0 Å². The number of nitrogens with one attached hydrogen (secondary N) is 1. The van der Waals surface area contributed by atoms with Gasteiger partial charge in [0.2, 0.25) is 0 Å². The number of nitrogens with zero attached hydrogens (tertiary/aromatic N) is 2. The molecule has 1 aliphatic rings. The fourth-order valence-electron chi connectivity index (χ4n) is 2.58. The van der Waals surface area contributed by atoms with Crippen LogP contribution in [0.2, 0.25) is 5.02 Å². The van der Waals surface area contributed by atoms with Crippen molar-refractivity contribution in [2.75, 3.05) is 0 Å². The van der Waals surface area contributed by atoms with Crippen molar-refractivity contribution < 1.29 is 0 Å². The van der Waals surface area contributed by atoms with E-state index in [0.717, 1.165) is 18.5 Å². The van der Waals surface area contributed by atoms with Gasteiger partial charge >= 0.3 is 0 Å². The Balaban J connectivity index is 2.08. The van der Waals surface area contributed by atoms with Gasteiger partial charge in [-0.15, -0.1) is 0 Å². The molecule has 0 unspecified atom stereocenters. The molecule has 6 heteroatoms. The van der Waals surface area contributed by atoms with Gasteiger partial charge in [-0.05, 0) is 47.6 Å². The molecule has 104 valence electrons. The van der Waals surface area contributed by atoms with Gasteiger partial charge in [0.15, 0.2) is 5.82 Å². The van der Waals surface area contributed by atoms with E-state index < -0.39 is 0 Å². The van der Waals surface area contributed by atoms with Crippen LogP contribution in [0.3, 0.4) is 0 Å². The molecule has 0 aromatic carbocycles. The summed E-state index contributed by atoms with van der Waals surface area (Å²) in [6, 6.07) is 3.52. The average molecular weight is 402 g/mol.